The topological polar surface area (TPSA) is 73.6 Å². The Balaban J connectivity index is 2.05. The van der Waals surface area contributed by atoms with E-state index < -0.39 is 5.82 Å². The molecule has 2 rings (SSSR count). The average Bonchev–Trinajstić information content (AvgIpc) is 2.48. The molecule has 0 fully saturated rings. The van der Waals surface area contributed by atoms with E-state index in [1.807, 2.05) is 25.1 Å². The molecule has 0 aliphatic heterocycles. The fourth-order valence-electron chi connectivity index (χ4n) is 1.62. The zero-order valence-corrected chi connectivity index (χ0v) is 11.0. The summed E-state index contributed by atoms with van der Waals surface area (Å²) in [6, 6.07) is 9.12. The minimum Gasteiger partial charge on any atom is -0.363 e. The highest BCUT2D eigenvalue weighted by Gasteiger charge is 2.06. The molecule has 0 aliphatic rings. The second kappa shape index (κ2) is 6.48. The van der Waals surface area contributed by atoms with Crippen LogP contribution < -0.4 is 10.6 Å². The van der Waals surface area contributed by atoms with Gasteiger partial charge >= 0.3 is 0 Å². The van der Waals surface area contributed by atoms with E-state index in [9.17, 15) is 4.39 Å². The number of nitrogens with zero attached hydrogens (tertiary/aromatic N) is 3. The lowest BCUT2D eigenvalue weighted by molar-refractivity contribution is 0.617. The predicted molar refractivity (Wildman–Crippen MR) is 74.6 cm³/mol. The lowest BCUT2D eigenvalue weighted by Gasteiger charge is -2.08. The highest BCUT2D eigenvalue weighted by atomic mass is 19.1. The number of hydrogen-bond acceptors (Lipinski definition) is 5. The summed E-state index contributed by atoms with van der Waals surface area (Å²) in [7, 11) is 0. The molecular formula is C14H14FN5. The summed E-state index contributed by atoms with van der Waals surface area (Å²) in [6.45, 7) is 3.00. The first-order valence-corrected chi connectivity index (χ1v) is 6.22. The molecule has 0 unspecified atom stereocenters. The molecule has 5 nitrogen and oxygen atoms in total. The second-order valence-electron chi connectivity index (χ2n) is 4.08. The number of nitriles is 1. The zero-order chi connectivity index (χ0) is 14.4. The quantitative estimate of drug-likeness (QED) is 0.874. The largest absolute Gasteiger partial charge is 0.363 e. The number of anilines is 2. The SMILES string of the molecule is CCNc1ncc(F)c(NCc2ccc(C#N)cc2)n1. The highest BCUT2D eigenvalue weighted by Crippen LogP contribution is 2.13. The molecule has 102 valence electrons. The molecule has 0 saturated heterocycles. The molecule has 1 aromatic carbocycles. The van der Waals surface area contributed by atoms with Crippen LogP contribution >= 0.6 is 0 Å². The number of nitrogens with one attached hydrogen (secondary N) is 2. The van der Waals surface area contributed by atoms with E-state index in [2.05, 4.69) is 20.6 Å². The van der Waals surface area contributed by atoms with Crippen LogP contribution in [0.3, 0.4) is 0 Å². The fourth-order valence-corrected chi connectivity index (χ4v) is 1.62. The molecule has 0 spiro atoms. The predicted octanol–water partition coefficient (Wildman–Crippen LogP) is 2.53. The molecule has 1 aromatic heterocycles. The number of halogens is 1. The Hall–Kier alpha value is -2.68. The van der Waals surface area contributed by atoms with Gasteiger partial charge < -0.3 is 10.6 Å². The summed E-state index contributed by atoms with van der Waals surface area (Å²) in [5.41, 5.74) is 1.53. The summed E-state index contributed by atoms with van der Waals surface area (Å²) >= 11 is 0. The molecule has 0 saturated carbocycles. The Kier molecular flexibility index (Phi) is 4.45. The van der Waals surface area contributed by atoms with Crippen molar-refractivity contribution in [3.63, 3.8) is 0 Å². The third-order valence-electron chi connectivity index (χ3n) is 2.62. The molecular weight excluding hydrogens is 257 g/mol. The number of benzene rings is 1. The van der Waals surface area contributed by atoms with E-state index in [1.54, 1.807) is 12.1 Å². The summed E-state index contributed by atoms with van der Waals surface area (Å²) < 4.78 is 13.6. The Bertz CT molecular complexity index is 618. The van der Waals surface area contributed by atoms with Crippen molar-refractivity contribution in [2.75, 3.05) is 17.2 Å². The third-order valence-corrected chi connectivity index (χ3v) is 2.62. The van der Waals surface area contributed by atoms with Crippen molar-refractivity contribution in [1.29, 1.82) is 5.26 Å². The summed E-state index contributed by atoms with van der Waals surface area (Å²) in [6.07, 6.45) is 1.13. The minimum absolute atomic E-state index is 0.153. The van der Waals surface area contributed by atoms with Gasteiger partial charge in [-0.2, -0.15) is 10.2 Å². The maximum atomic E-state index is 13.6. The second-order valence-corrected chi connectivity index (χ2v) is 4.08. The Labute approximate surface area is 116 Å². The van der Waals surface area contributed by atoms with Gasteiger partial charge in [0, 0.05) is 13.1 Å². The molecule has 2 aromatic rings. The van der Waals surface area contributed by atoms with Crippen LogP contribution in [-0.4, -0.2) is 16.5 Å². The molecule has 0 amide bonds. The van der Waals surface area contributed by atoms with Crippen LogP contribution in [0.5, 0.6) is 0 Å². The maximum absolute atomic E-state index is 13.6. The summed E-state index contributed by atoms with van der Waals surface area (Å²) in [5, 5.41) is 14.6. The van der Waals surface area contributed by atoms with Gasteiger partial charge in [0.25, 0.3) is 0 Å². The van der Waals surface area contributed by atoms with Crippen molar-refractivity contribution >= 4 is 11.8 Å². The first-order valence-electron chi connectivity index (χ1n) is 6.22. The Morgan fingerprint density at radius 1 is 1.25 bits per heavy atom. The van der Waals surface area contributed by atoms with Gasteiger partial charge in [0.2, 0.25) is 5.95 Å². The van der Waals surface area contributed by atoms with Gasteiger partial charge in [0.1, 0.15) is 0 Å². The monoisotopic (exact) mass is 271 g/mol. The smallest absolute Gasteiger partial charge is 0.224 e. The van der Waals surface area contributed by atoms with E-state index in [0.717, 1.165) is 11.8 Å². The Morgan fingerprint density at radius 3 is 2.65 bits per heavy atom. The van der Waals surface area contributed by atoms with Crippen LogP contribution in [0, 0.1) is 17.1 Å². The van der Waals surface area contributed by atoms with E-state index in [1.165, 1.54) is 0 Å². The number of hydrogen-bond donors (Lipinski definition) is 2. The molecule has 0 bridgehead atoms. The lowest BCUT2D eigenvalue weighted by atomic mass is 10.1. The maximum Gasteiger partial charge on any atom is 0.224 e. The van der Waals surface area contributed by atoms with Crippen molar-refractivity contribution in [3.05, 3.63) is 47.4 Å². The van der Waals surface area contributed by atoms with Crippen molar-refractivity contribution in [1.82, 2.24) is 9.97 Å². The molecule has 0 radical (unpaired) electrons. The molecule has 0 aliphatic carbocycles. The van der Waals surface area contributed by atoms with E-state index in [4.69, 9.17) is 5.26 Å². The van der Waals surface area contributed by atoms with Gasteiger partial charge in [-0.25, -0.2) is 9.37 Å². The zero-order valence-electron chi connectivity index (χ0n) is 11.0. The molecule has 6 heteroatoms. The standard InChI is InChI=1S/C14H14FN5/c1-2-17-14-19-9-12(15)13(20-14)18-8-11-5-3-10(7-16)4-6-11/h3-6,9H,2,8H2,1H3,(H2,17,18,19,20). The van der Waals surface area contributed by atoms with E-state index in [-0.39, 0.29) is 5.82 Å². The molecule has 1 heterocycles. The fraction of sp³-hybridized carbons (Fsp3) is 0.214. The van der Waals surface area contributed by atoms with Crippen LogP contribution in [0.15, 0.2) is 30.5 Å². The third kappa shape index (κ3) is 3.42. The van der Waals surface area contributed by atoms with Gasteiger partial charge in [0.05, 0.1) is 17.8 Å². The van der Waals surface area contributed by atoms with Gasteiger partial charge in [-0.15, -0.1) is 0 Å². The van der Waals surface area contributed by atoms with Crippen LogP contribution in [0.2, 0.25) is 0 Å². The summed E-state index contributed by atoms with van der Waals surface area (Å²) in [4.78, 5) is 7.88. The molecule has 2 N–H and O–H groups in total. The molecule has 20 heavy (non-hydrogen) atoms. The lowest BCUT2D eigenvalue weighted by Crippen LogP contribution is -2.08. The van der Waals surface area contributed by atoms with E-state index in [0.29, 0.717) is 24.6 Å². The normalized spacial score (nSPS) is 9.85. The number of aromatic nitrogens is 2. The van der Waals surface area contributed by atoms with Gasteiger partial charge in [0.15, 0.2) is 11.6 Å². The van der Waals surface area contributed by atoms with Gasteiger partial charge in [-0.1, -0.05) is 12.1 Å². The van der Waals surface area contributed by atoms with Gasteiger partial charge in [-0.3, -0.25) is 0 Å². The number of rotatable bonds is 5. The Morgan fingerprint density at radius 2 is 2.00 bits per heavy atom. The minimum atomic E-state index is -0.500. The van der Waals surface area contributed by atoms with E-state index >= 15 is 0 Å². The average molecular weight is 271 g/mol. The first-order chi connectivity index (χ1) is 9.72. The van der Waals surface area contributed by atoms with Crippen LogP contribution in [0.4, 0.5) is 16.2 Å². The van der Waals surface area contributed by atoms with Crippen molar-refractivity contribution in [2.45, 2.75) is 13.5 Å². The van der Waals surface area contributed by atoms with Crippen molar-refractivity contribution < 1.29 is 4.39 Å². The highest BCUT2D eigenvalue weighted by molar-refractivity contribution is 5.42. The van der Waals surface area contributed by atoms with Gasteiger partial charge in [-0.05, 0) is 24.6 Å². The summed E-state index contributed by atoms with van der Waals surface area (Å²) in [5.74, 6) is 0.0387. The van der Waals surface area contributed by atoms with Crippen LogP contribution in [0.25, 0.3) is 0 Å². The van der Waals surface area contributed by atoms with Crippen LogP contribution in [-0.2, 0) is 6.54 Å². The van der Waals surface area contributed by atoms with Crippen molar-refractivity contribution in [3.8, 4) is 6.07 Å². The van der Waals surface area contributed by atoms with Crippen molar-refractivity contribution in [2.24, 2.45) is 0 Å². The van der Waals surface area contributed by atoms with Crippen LogP contribution in [0.1, 0.15) is 18.1 Å². The molecule has 0 atom stereocenters. The first kappa shape index (κ1) is 13.7.